The molecule has 18 heavy (non-hydrogen) atoms. The Labute approximate surface area is 107 Å². The fourth-order valence-corrected chi connectivity index (χ4v) is 2.49. The Bertz CT molecular complexity index is 379. The predicted molar refractivity (Wildman–Crippen MR) is 68.5 cm³/mol. The van der Waals surface area contributed by atoms with E-state index in [4.69, 9.17) is 5.73 Å². The van der Waals surface area contributed by atoms with E-state index in [0.717, 1.165) is 6.42 Å². The quantitative estimate of drug-likeness (QED) is 0.894. The summed E-state index contributed by atoms with van der Waals surface area (Å²) in [6, 6.07) is 8.11. The average molecular weight is 254 g/mol. The highest BCUT2D eigenvalue weighted by Gasteiger charge is 2.36. The van der Waals surface area contributed by atoms with E-state index in [9.17, 15) is 8.78 Å². The van der Waals surface area contributed by atoms with Crippen LogP contribution in [0, 0.1) is 5.92 Å². The molecule has 0 saturated carbocycles. The van der Waals surface area contributed by atoms with Gasteiger partial charge in [-0.15, -0.1) is 0 Å². The zero-order valence-corrected chi connectivity index (χ0v) is 10.7. The summed E-state index contributed by atoms with van der Waals surface area (Å²) in [5, 5.41) is 0. The minimum absolute atomic E-state index is 0.0837. The molecule has 0 bridgehead atoms. The van der Waals surface area contributed by atoms with Crippen molar-refractivity contribution in [1.82, 2.24) is 4.90 Å². The Morgan fingerprint density at radius 3 is 2.61 bits per heavy atom. The molecule has 2 atom stereocenters. The van der Waals surface area contributed by atoms with E-state index in [2.05, 4.69) is 0 Å². The van der Waals surface area contributed by atoms with Crippen LogP contribution in [0.4, 0.5) is 8.78 Å². The van der Waals surface area contributed by atoms with Crippen molar-refractivity contribution in [2.75, 3.05) is 19.6 Å². The van der Waals surface area contributed by atoms with E-state index in [1.807, 2.05) is 11.8 Å². The van der Waals surface area contributed by atoms with Crippen molar-refractivity contribution in [1.29, 1.82) is 0 Å². The summed E-state index contributed by atoms with van der Waals surface area (Å²) in [4.78, 5) is 1.82. The molecule has 0 radical (unpaired) electrons. The van der Waals surface area contributed by atoms with Crippen LogP contribution in [0.1, 0.15) is 18.9 Å². The second kappa shape index (κ2) is 5.33. The number of likely N-dealkylation sites (tertiary alicyclic amines) is 1. The highest BCUT2D eigenvalue weighted by Crippen LogP contribution is 2.31. The minimum Gasteiger partial charge on any atom is -0.328 e. The van der Waals surface area contributed by atoms with Crippen LogP contribution in [0.3, 0.4) is 0 Å². The molecule has 0 spiro atoms. The van der Waals surface area contributed by atoms with Gasteiger partial charge in [-0.05, 0) is 25.8 Å². The SMILES string of the molecule is CC(N)C1CCN(CC(F)(F)c2ccccc2)C1. The molecule has 0 aromatic heterocycles. The second-order valence-corrected chi connectivity index (χ2v) is 5.21. The summed E-state index contributed by atoms with van der Waals surface area (Å²) < 4.78 is 28.1. The van der Waals surface area contributed by atoms with Crippen LogP contribution in [0.2, 0.25) is 0 Å². The molecule has 1 aliphatic heterocycles. The number of rotatable bonds is 4. The van der Waals surface area contributed by atoms with Crippen LogP contribution in [0.25, 0.3) is 0 Å². The lowest BCUT2D eigenvalue weighted by Gasteiger charge is -2.24. The molecule has 1 aromatic rings. The number of benzene rings is 1. The van der Waals surface area contributed by atoms with E-state index in [-0.39, 0.29) is 18.2 Å². The maximum atomic E-state index is 14.1. The fourth-order valence-electron chi connectivity index (χ4n) is 2.49. The van der Waals surface area contributed by atoms with Crippen molar-refractivity contribution in [2.24, 2.45) is 11.7 Å². The molecule has 1 fully saturated rings. The number of nitrogens with two attached hydrogens (primary N) is 1. The zero-order valence-electron chi connectivity index (χ0n) is 10.7. The second-order valence-electron chi connectivity index (χ2n) is 5.21. The molecule has 2 nitrogen and oxygen atoms in total. The van der Waals surface area contributed by atoms with Crippen LogP contribution >= 0.6 is 0 Å². The molecule has 1 aromatic carbocycles. The molecule has 1 saturated heterocycles. The molecule has 2 rings (SSSR count). The molecular formula is C14H20F2N2. The van der Waals surface area contributed by atoms with E-state index in [1.54, 1.807) is 18.2 Å². The Morgan fingerprint density at radius 1 is 1.39 bits per heavy atom. The van der Waals surface area contributed by atoms with Gasteiger partial charge >= 0.3 is 0 Å². The highest BCUT2D eigenvalue weighted by atomic mass is 19.3. The largest absolute Gasteiger partial charge is 0.328 e. The van der Waals surface area contributed by atoms with Crippen LogP contribution in [0.5, 0.6) is 0 Å². The van der Waals surface area contributed by atoms with E-state index < -0.39 is 5.92 Å². The Hall–Kier alpha value is -1.00. The van der Waals surface area contributed by atoms with Gasteiger partial charge in [-0.3, -0.25) is 4.90 Å². The third-order valence-electron chi connectivity index (χ3n) is 3.67. The Kier molecular flexibility index (Phi) is 3.97. The Balaban J connectivity index is 1.97. The minimum atomic E-state index is -2.78. The van der Waals surface area contributed by atoms with Crippen molar-refractivity contribution in [3.05, 3.63) is 35.9 Å². The summed E-state index contributed by atoms with van der Waals surface area (Å²) in [5.74, 6) is -2.44. The average Bonchev–Trinajstić information content (AvgIpc) is 2.78. The molecule has 100 valence electrons. The zero-order chi connectivity index (χ0) is 13.2. The number of hydrogen-bond donors (Lipinski definition) is 1. The fraction of sp³-hybridized carbons (Fsp3) is 0.571. The Morgan fingerprint density at radius 2 is 2.06 bits per heavy atom. The molecule has 4 heteroatoms. The molecule has 2 N–H and O–H groups in total. The monoisotopic (exact) mass is 254 g/mol. The van der Waals surface area contributed by atoms with Crippen LogP contribution in [0.15, 0.2) is 30.3 Å². The van der Waals surface area contributed by atoms with Gasteiger partial charge in [0, 0.05) is 18.2 Å². The predicted octanol–water partition coefficient (Wildman–Crippen LogP) is 2.45. The van der Waals surface area contributed by atoms with Crippen LogP contribution < -0.4 is 5.73 Å². The van der Waals surface area contributed by atoms with E-state index in [0.29, 0.717) is 19.0 Å². The standard InChI is InChI=1S/C14H20F2N2/c1-11(17)12-7-8-18(9-12)10-14(15,16)13-5-3-2-4-6-13/h2-6,11-12H,7-10,17H2,1H3. The molecular weight excluding hydrogens is 234 g/mol. The molecule has 0 aliphatic carbocycles. The number of alkyl halides is 2. The van der Waals surface area contributed by atoms with Crippen molar-refractivity contribution < 1.29 is 8.78 Å². The maximum Gasteiger partial charge on any atom is 0.285 e. The third-order valence-corrected chi connectivity index (χ3v) is 3.67. The molecule has 0 amide bonds. The summed E-state index contributed by atoms with van der Waals surface area (Å²) in [7, 11) is 0. The van der Waals surface area contributed by atoms with Gasteiger partial charge < -0.3 is 5.73 Å². The molecule has 2 unspecified atom stereocenters. The lowest BCUT2D eigenvalue weighted by atomic mass is 10.0. The van der Waals surface area contributed by atoms with Crippen LogP contribution in [-0.2, 0) is 5.92 Å². The van der Waals surface area contributed by atoms with Gasteiger partial charge in [0.1, 0.15) is 0 Å². The topological polar surface area (TPSA) is 29.3 Å². The van der Waals surface area contributed by atoms with Crippen molar-refractivity contribution in [3.8, 4) is 0 Å². The first-order valence-electron chi connectivity index (χ1n) is 6.40. The van der Waals surface area contributed by atoms with Crippen molar-refractivity contribution in [2.45, 2.75) is 25.3 Å². The summed E-state index contributed by atoms with van der Waals surface area (Å²) in [6.07, 6.45) is 0.919. The van der Waals surface area contributed by atoms with Crippen molar-refractivity contribution in [3.63, 3.8) is 0 Å². The first-order chi connectivity index (χ1) is 8.49. The lowest BCUT2D eigenvalue weighted by molar-refractivity contribution is -0.0336. The van der Waals surface area contributed by atoms with Gasteiger partial charge in [0.2, 0.25) is 0 Å². The van der Waals surface area contributed by atoms with Gasteiger partial charge in [-0.2, -0.15) is 8.78 Å². The smallest absolute Gasteiger partial charge is 0.285 e. The van der Waals surface area contributed by atoms with Gasteiger partial charge in [-0.1, -0.05) is 30.3 Å². The summed E-state index contributed by atoms with van der Waals surface area (Å²) in [6.45, 7) is 3.14. The third kappa shape index (κ3) is 3.06. The summed E-state index contributed by atoms with van der Waals surface area (Å²) in [5.41, 5.74) is 5.91. The van der Waals surface area contributed by atoms with Gasteiger partial charge in [0.05, 0.1) is 6.54 Å². The van der Waals surface area contributed by atoms with Gasteiger partial charge in [-0.25, -0.2) is 0 Å². The lowest BCUT2D eigenvalue weighted by Crippen LogP contribution is -2.35. The van der Waals surface area contributed by atoms with Crippen LogP contribution in [-0.4, -0.2) is 30.6 Å². The summed E-state index contributed by atoms with van der Waals surface area (Å²) >= 11 is 0. The first-order valence-corrected chi connectivity index (χ1v) is 6.40. The number of nitrogens with zero attached hydrogens (tertiary/aromatic N) is 1. The maximum absolute atomic E-state index is 14.1. The number of halogens is 2. The molecule has 1 aliphatic rings. The van der Waals surface area contributed by atoms with Gasteiger partial charge in [0.15, 0.2) is 0 Å². The highest BCUT2D eigenvalue weighted by molar-refractivity contribution is 5.20. The van der Waals surface area contributed by atoms with E-state index in [1.165, 1.54) is 12.1 Å². The van der Waals surface area contributed by atoms with Gasteiger partial charge in [0.25, 0.3) is 5.92 Å². The van der Waals surface area contributed by atoms with Crippen molar-refractivity contribution >= 4 is 0 Å². The molecule has 1 heterocycles. The first kappa shape index (κ1) is 13.4. The normalized spacial score (nSPS) is 23.2. The van der Waals surface area contributed by atoms with E-state index >= 15 is 0 Å². The number of hydrogen-bond acceptors (Lipinski definition) is 2.